The topological polar surface area (TPSA) is 18.5 Å². The van der Waals surface area contributed by atoms with Gasteiger partial charge in [0.05, 0.1) is 0 Å². The number of hydrogen-bond acceptors (Lipinski definition) is 2. The lowest BCUT2D eigenvalue weighted by molar-refractivity contribution is -0.550. The molecule has 0 spiro atoms. The van der Waals surface area contributed by atoms with Crippen molar-refractivity contribution in [3.05, 3.63) is 0 Å². The third-order valence-corrected chi connectivity index (χ3v) is 3.26. The monoisotopic (exact) mass is 590 g/mol. The van der Waals surface area contributed by atoms with E-state index < -0.39 is 45.9 Å². The smallest absolute Gasteiger partial charge is 0.264 e. The first-order valence-electron chi connectivity index (χ1n) is 5.47. The van der Waals surface area contributed by atoms with Crippen LogP contribution in [0.5, 0.6) is 0 Å². The molecule has 0 heterocycles. The fourth-order valence-corrected chi connectivity index (χ4v) is 1.24. The molecule has 170 valence electrons. The molecule has 0 saturated heterocycles. The number of hydrogen-bond donors (Lipinski definition) is 0. The first-order chi connectivity index (χ1) is 11.7. The first kappa shape index (κ1) is 27.8. The van der Waals surface area contributed by atoms with Gasteiger partial charge in [-0.1, -0.05) is 0 Å². The summed E-state index contributed by atoms with van der Waals surface area (Å²) in [5.41, 5.74) is 0. The van der Waals surface area contributed by atoms with Gasteiger partial charge >= 0.3 is 45.9 Å². The van der Waals surface area contributed by atoms with Gasteiger partial charge in [0.2, 0.25) is 0 Å². The van der Waals surface area contributed by atoms with E-state index in [0.717, 1.165) is 0 Å². The Morgan fingerprint density at radius 1 is 0.393 bits per heavy atom. The number of rotatable bonds is 7. The van der Waals surface area contributed by atoms with Gasteiger partial charge in [0.1, 0.15) is 0 Å². The minimum absolute atomic E-state index is 0.567. The molecule has 0 radical (unpaired) electrons. The van der Waals surface area contributed by atoms with Gasteiger partial charge in [0, 0.05) is 31.9 Å². The quantitative estimate of drug-likeness (QED) is 0.244. The molecule has 2 atom stereocenters. The van der Waals surface area contributed by atoms with Crippen molar-refractivity contribution in [3.8, 4) is 0 Å². The molecule has 0 aromatic rings. The number of halogens is 18. The largest absolute Gasteiger partial charge is 0.455 e. The summed E-state index contributed by atoms with van der Waals surface area (Å²) in [6, 6.07) is 0. The second-order valence-electron chi connectivity index (χ2n) is 4.42. The molecule has 0 amide bonds. The molecule has 0 aliphatic carbocycles. The van der Waals surface area contributed by atoms with Gasteiger partial charge in [-0.05, 0) is 0 Å². The summed E-state index contributed by atoms with van der Waals surface area (Å²) < 4.78 is 207. The maximum Gasteiger partial charge on any atom is 0.455 e. The van der Waals surface area contributed by atoms with Crippen molar-refractivity contribution in [2.45, 2.75) is 45.9 Å². The summed E-state index contributed by atoms with van der Waals surface area (Å²) in [5.74, 6) is -15.8. The van der Waals surface area contributed by atoms with Gasteiger partial charge in [-0.25, -0.2) is 0 Å². The average molecular weight is 592 g/mol. The Bertz CT molecular complexity index is 511. The molecule has 0 aromatic carbocycles. The van der Waals surface area contributed by atoms with Crippen molar-refractivity contribution < 1.29 is 79.7 Å². The molecule has 2 nitrogen and oxygen atoms in total. The van der Waals surface area contributed by atoms with Crippen molar-refractivity contribution in [3.63, 3.8) is 0 Å². The lowest BCUT2D eigenvalue weighted by Gasteiger charge is -2.42. The molecule has 0 rings (SSSR count). The Morgan fingerprint density at radius 2 is 0.571 bits per heavy atom. The maximum absolute atomic E-state index is 13.8. The van der Waals surface area contributed by atoms with Crippen LogP contribution in [0.4, 0.5) is 70.2 Å². The highest BCUT2D eigenvalue weighted by molar-refractivity contribution is 9.10. The van der Waals surface area contributed by atoms with E-state index in [1.54, 1.807) is 9.47 Å². The van der Waals surface area contributed by atoms with Crippen molar-refractivity contribution >= 4 is 31.9 Å². The van der Waals surface area contributed by atoms with Crippen LogP contribution in [0.2, 0.25) is 0 Å². The fraction of sp³-hybridized carbons (Fsp3) is 1.00. The predicted octanol–water partition coefficient (Wildman–Crippen LogP) is 6.64. The minimum atomic E-state index is -7.92. The van der Waals surface area contributed by atoms with E-state index in [4.69, 9.17) is 0 Å². The molecule has 0 saturated carbocycles. The normalized spacial score (nSPS) is 19.9. The zero-order chi connectivity index (χ0) is 23.4. The van der Waals surface area contributed by atoms with Gasteiger partial charge in [-0.3, -0.25) is 9.47 Å². The van der Waals surface area contributed by atoms with Crippen molar-refractivity contribution in [2.24, 2.45) is 0 Å². The van der Waals surface area contributed by atoms with Crippen LogP contribution in [0.15, 0.2) is 0 Å². The van der Waals surface area contributed by atoms with E-state index in [0.29, 0.717) is 31.9 Å². The highest BCUT2D eigenvalue weighted by atomic mass is 79.9. The van der Waals surface area contributed by atoms with Crippen molar-refractivity contribution in [1.29, 1.82) is 0 Å². The predicted molar refractivity (Wildman–Crippen MR) is 59.6 cm³/mol. The first-order valence-corrected chi connectivity index (χ1v) is 7.05. The van der Waals surface area contributed by atoms with Crippen LogP contribution in [0, 0.1) is 0 Å². The van der Waals surface area contributed by atoms with Gasteiger partial charge in [0.15, 0.2) is 0 Å². The fourth-order valence-electron chi connectivity index (χ4n) is 1.08. The van der Waals surface area contributed by atoms with Crippen molar-refractivity contribution in [2.75, 3.05) is 0 Å². The molecule has 2 unspecified atom stereocenters. The zero-order valence-electron chi connectivity index (χ0n) is 11.6. The van der Waals surface area contributed by atoms with E-state index in [-0.39, 0.29) is 0 Å². The van der Waals surface area contributed by atoms with E-state index >= 15 is 0 Å². The minimum Gasteiger partial charge on any atom is -0.264 e. The molecule has 0 fully saturated rings. The van der Waals surface area contributed by atoms with Gasteiger partial charge in [-0.15, -0.1) is 0 Å². The van der Waals surface area contributed by atoms with Crippen LogP contribution in [-0.2, 0) is 9.47 Å². The third-order valence-electron chi connectivity index (χ3n) is 2.34. The molecule has 0 aliphatic heterocycles. The molecular weight excluding hydrogens is 592 g/mol. The third kappa shape index (κ3) is 4.90. The SMILES string of the molecule is FC(F)(F)C(F)(OC(F)(F)C(F)(F)Br)C(F)(OC(F)(F)C(F)(F)Br)C(F)(F)F. The summed E-state index contributed by atoms with van der Waals surface area (Å²) in [4.78, 5) is -12.3. The summed E-state index contributed by atoms with van der Waals surface area (Å²) in [6.45, 7) is 0. The molecule has 0 bridgehead atoms. The zero-order valence-corrected chi connectivity index (χ0v) is 14.8. The van der Waals surface area contributed by atoms with Crippen LogP contribution in [-0.4, -0.2) is 45.9 Å². The lowest BCUT2D eigenvalue weighted by Crippen LogP contribution is -2.71. The van der Waals surface area contributed by atoms with E-state index in [2.05, 4.69) is 0 Å². The number of alkyl halides is 18. The molecule has 0 aliphatic rings. The van der Waals surface area contributed by atoms with Crippen molar-refractivity contribution in [1.82, 2.24) is 0 Å². The maximum atomic E-state index is 13.8. The average Bonchev–Trinajstić information content (AvgIpc) is 2.31. The standard InChI is InChI=1S/C8Br2F16O2/c9-3(13,14)7(23,24)27-1(11,5(17,18)19)2(12,6(20,21)22)28-8(25,26)4(10,15)16. The van der Waals surface area contributed by atoms with Crippen LogP contribution in [0.25, 0.3) is 0 Å². The Balaban J connectivity index is 6.83. The summed E-state index contributed by atoms with van der Waals surface area (Å²) in [6.07, 6.45) is -29.7. The lowest BCUT2D eigenvalue weighted by atomic mass is 10.1. The van der Waals surface area contributed by atoms with E-state index in [9.17, 15) is 70.2 Å². The molecule has 20 heteroatoms. The molecule has 28 heavy (non-hydrogen) atoms. The summed E-state index contributed by atoms with van der Waals surface area (Å²) in [7, 11) is 0. The number of ether oxygens (including phenoxy) is 2. The second kappa shape index (κ2) is 7.17. The Morgan fingerprint density at radius 3 is 0.679 bits per heavy atom. The Labute approximate surface area is 158 Å². The Kier molecular flexibility index (Phi) is 7.11. The van der Waals surface area contributed by atoms with E-state index in [1.165, 1.54) is 0 Å². The van der Waals surface area contributed by atoms with E-state index in [1.807, 2.05) is 0 Å². The highest BCUT2D eigenvalue weighted by Gasteiger charge is 2.88. The van der Waals surface area contributed by atoms with Crippen LogP contribution in [0.3, 0.4) is 0 Å². The van der Waals surface area contributed by atoms with Gasteiger partial charge < -0.3 is 0 Å². The molecule has 0 aromatic heterocycles. The second-order valence-corrected chi connectivity index (χ2v) is 6.41. The summed E-state index contributed by atoms with van der Waals surface area (Å²) in [5, 5.41) is 0. The van der Waals surface area contributed by atoms with Gasteiger partial charge in [0.25, 0.3) is 0 Å². The molecule has 0 N–H and O–H groups in total. The van der Waals surface area contributed by atoms with Gasteiger partial charge in [-0.2, -0.15) is 70.2 Å². The summed E-state index contributed by atoms with van der Waals surface area (Å²) >= 11 is 1.13. The Hall–Kier alpha value is -0.240. The van der Waals surface area contributed by atoms with Crippen LogP contribution >= 0.6 is 31.9 Å². The highest BCUT2D eigenvalue weighted by Crippen LogP contribution is 2.59. The van der Waals surface area contributed by atoms with Crippen LogP contribution < -0.4 is 0 Å². The molecular formula is C8Br2F16O2. The van der Waals surface area contributed by atoms with Crippen LogP contribution in [0.1, 0.15) is 0 Å².